The van der Waals surface area contributed by atoms with Crippen molar-refractivity contribution in [2.45, 2.75) is 31.3 Å². The minimum atomic E-state index is -0.959. The number of rotatable bonds is 9. The normalized spacial score (nSPS) is 22.9. The zero-order chi connectivity index (χ0) is 25.0. The van der Waals surface area contributed by atoms with Crippen molar-refractivity contribution in [2.75, 3.05) is 27.4 Å². The largest absolute Gasteiger partial charge is 0.493 e. The first kappa shape index (κ1) is 24.4. The second-order valence-electron chi connectivity index (χ2n) is 9.78. The average molecular weight is 483 g/mol. The molecule has 0 saturated heterocycles. The molecule has 0 spiro atoms. The molecule has 5 rings (SSSR count). The minimum Gasteiger partial charge on any atom is -0.493 e. The lowest BCUT2D eigenvalue weighted by atomic mass is 9.79. The first-order chi connectivity index (χ1) is 17.7. The van der Waals surface area contributed by atoms with Crippen LogP contribution >= 0.6 is 0 Å². The lowest BCUT2D eigenvalue weighted by Gasteiger charge is -2.38. The van der Waals surface area contributed by atoms with E-state index >= 15 is 0 Å². The highest BCUT2D eigenvalue weighted by molar-refractivity contribution is 5.57. The van der Waals surface area contributed by atoms with E-state index in [0.717, 1.165) is 42.4 Å². The summed E-state index contributed by atoms with van der Waals surface area (Å²) in [5.74, 6) is 8.70. The second-order valence-corrected chi connectivity index (χ2v) is 9.78. The van der Waals surface area contributed by atoms with Crippen molar-refractivity contribution in [2.24, 2.45) is 17.3 Å². The van der Waals surface area contributed by atoms with Crippen LogP contribution in [0.2, 0.25) is 0 Å². The van der Waals surface area contributed by atoms with E-state index in [1.165, 1.54) is 0 Å². The summed E-state index contributed by atoms with van der Waals surface area (Å²) < 4.78 is 18.8. The molecule has 2 aliphatic carbocycles. The third kappa shape index (κ3) is 4.07. The summed E-state index contributed by atoms with van der Waals surface area (Å²) in [6.45, 7) is 0.542. The highest BCUT2D eigenvalue weighted by atomic mass is 16.5. The summed E-state index contributed by atoms with van der Waals surface area (Å²) in [5.41, 5.74) is 1.64. The van der Waals surface area contributed by atoms with Gasteiger partial charge in [0.25, 0.3) is 0 Å². The standard InChI is InChI=1S/C32H34O4/c1-34-29-21-13-20-28(30(29)35-2)32(24-14-7-5-8-15-24,25-16-9-6-10-17-25)36-23-31(22-33)26-18-11-3-4-12-19-27(26)31/h5-10,13-17,20-21,26-27,33H,11-12,18-19,22-23H2,1-2H3. The summed E-state index contributed by atoms with van der Waals surface area (Å²) in [6, 6.07) is 26.5. The number of fused-ring (bicyclic) bond motifs is 1. The van der Waals surface area contributed by atoms with Crippen molar-refractivity contribution >= 4 is 0 Å². The van der Waals surface area contributed by atoms with Gasteiger partial charge in [-0.25, -0.2) is 0 Å². The van der Waals surface area contributed by atoms with Gasteiger partial charge >= 0.3 is 0 Å². The van der Waals surface area contributed by atoms with Crippen molar-refractivity contribution in [3.05, 3.63) is 95.6 Å². The zero-order valence-electron chi connectivity index (χ0n) is 21.1. The average Bonchev–Trinajstić information content (AvgIpc) is 3.53. The van der Waals surface area contributed by atoms with Crippen LogP contribution < -0.4 is 9.47 Å². The third-order valence-electron chi connectivity index (χ3n) is 8.13. The van der Waals surface area contributed by atoms with Crippen LogP contribution in [0, 0.1) is 29.1 Å². The van der Waals surface area contributed by atoms with Gasteiger partial charge in [-0.15, -0.1) is 11.8 Å². The molecular weight excluding hydrogens is 448 g/mol. The van der Waals surface area contributed by atoms with Crippen LogP contribution in [0.25, 0.3) is 0 Å². The number of hydrogen-bond donors (Lipinski definition) is 1. The van der Waals surface area contributed by atoms with Gasteiger partial charge in [0.1, 0.15) is 5.60 Å². The molecule has 4 heteroatoms. The maximum atomic E-state index is 10.7. The smallest absolute Gasteiger partial charge is 0.167 e. The lowest BCUT2D eigenvalue weighted by molar-refractivity contribution is -0.0353. The Morgan fingerprint density at radius 2 is 1.39 bits per heavy atom. The summed E-state index contributed by atoms with van der Waals surface area (Å²) in [5, 5.41) is 10.7. The molecule has 3 aromatic carbocycles. The fraction of sp³-hybridized carbons (Fsp3) is 0.375. The first-order valence-corrected chi connectivity index (χ1v) is 12.7. The van der Waals surface area contributed by atoms with E-state index < -0.39 is 5.60 Å². The molecule has 36 heavy (non-hydrogen) atoms. The molecule has 0 bridgehead atoms. The summed E-state index contributed by atoms with van der Waals surface area (Å²) >= 11 is 0. The molecule has 0 aromatic heterocycles. The molecule has 1 fully saturated rings. The Balaban J connectivity index is 1.66. The van der Waals surface area contributed by atoms with Gasteiger partial charge in [0.05, 0.1) is 27.4 Å². The van der Waals surface area contributed by atoms with Crippen LogP contribution in [0.5, 0.6) is 11.5 Å². The summed E-state index contributed by atoms with van der Waals surface area (Å²) in [7, 11) is 3.32. The Labute approximate surface area is 214 Å². The summed E-state index contributed by atoms with van der Waals surface area (Å²) in [6.07, 6.45) is 3.78. The molecule has 0 heterocycles. The number of ether oxygens (including phenoxy) is 3. The van der Waals surface area contributed by atoms with Crippen LogP contribution in [0.15, 0.2) is 78.9 Å². The quantitative estimate of drug-likeness (QED) is 0.309. The molecule has 0 amide bonds. The van der Waals surface area contributed by atoms with E-state index in [4.69, 9.17) is 14.2 Å². The monoisotopic (exact) mass is 482 g/mol. The number of aliphatic hydroxyl groups excluding tert-OH is 1. The van der Waals surface area contributed by atoms with Gasteiger partial charge in [-0.1, -0.05) is 72.8 Å². The molecule has 4 nitrogen and oxygen atoms in total. The van der Waals surface area contributed by atoms with Crippen molar-refractivity contribution in [3.8, 4) is 23.3 Å². The Kier molecular flexibility index (Phi) is 7.05. The third-order valence-corrected chi connectivity index (χ3v) is 8.13. The topological polar surface area (TPSA) is 47.9 Å². The molecule has 1 N–H and O–H groups in total. The zero-order valence-corrected chi connectivity index (χ0v) is 21.1. The predicted octanol–water partition coefficient (Wildman–Crippen LogP) is 5.81. The fourth-order valence-corrected chi connectivity index (χ4v) is 6.25. The van der Waals surface area contributed by atoms with Crippen LogP contribution in [0.1, 0.15) is 42.4 Å². The highest BCUT2D eigenvalue weighted by Crippen LogP contribution is 2.64. The van der Waals surface area contributed by atoms with Crippen molar-refractivity contribution in [1.29, 1.82) is 0 Å². The number of aliphatic hydroxyl groups is 1. The highest BCUT2D eigenvalue weighted by Gasteiger charge is 2.63. The van der Waals surface area contributed by atoms with Gasteiger partial charge in [0.15, 0.2) is 11.5 Å². The van der Waals surface area contributed by atoms with Crippen LogP contribution in [0.4, 0.5) is 0 Å². The van der Waals surface area contributed by atoms with Gasteiger partial charge in [-0.2, -0.15) is 0 Å². The van der Waals surface area contributed by atoms with Crippen LogP contribution in [-0.4, -0.2) is 32.5 Å². The predicted molar refractivity (Wildman–Crippen MR) is 141 cm³/mol. The number of methoxy groups -OCH3 is 2. The number of hydrogen-bond acceptors (Lipinski definition) is 4. The van der Waals surface area contributed by atoms with Gasteiger partial charge in [0.2, 0.25) is 0 Å². The fourth-order valence-electron chi connectivity index (χ4n) is 6.25. The Morgan fingerprint density at radius 1 is 0.806 bits per heavy atom. The van der Waals surface area contributed by atoms with Crippen LogP contribution in [-0.2, 0) is 10.3 Å². The molecule has 0 radical (unpaired) electrons. The van der Waals surface area contributed by atoms with Crippen molar-refractivity contribution in [1.82, 2.24) is 0 Å². The second kappa shape index (κ2) is 10.4. The minimum absolute atomic E-state index is 0.108. The lowest BCUT2D eigenvalue weighted by Crippen LogP contribution is -2.37. The van der Waals surface area contributed by atoms with Gasteiger partial charge in [0, 0.05) is 23.8 Å². The maximum absolute atomic E-state index is 10.7. The van der Waals surface area contributed by atoms with Gasteiger partial charge in [-0.05, 0) is 41.9 Å². The van der Waals surface area contributed by atoms with Gasteiger partial charge < -0.3 is 19.3 Å². The molecule has 0 aliphatic heterocycles. The van der Waals surface area contributed by atoms with Crippen molar-refractivity contribution in [3.63, 3.8) is 0 Å². The maximum Gasteiger partial charge on any atom is 0.167 e. The Hall–Kier alpha value is -3.26. The first-order valence-electron chi connectivity index (χ1n) is 12.7. The SMILES string of the molecule is COc1cccc(C(OCC2(CO)C3CCC#CCCC32)(c2ccccc2)c2ccccc2)c1OC. The van der Waals surface area contributed by atoms with E-state index in [-0.39, 0.29) is 12.0 Å². The van der Waals surface area contributed by atoms with E-state index in [1.54, 1.807) is 14.2 Å². The molecular formula is C32H34O4. The van der Waals surface area contributed by atoms with Crippen molar-refractivity contribution < 1.29 is 19.3 Å². The molecule has 2 atom stereocenters. The Bertz CT molecular complexity index is 1170. The number of benzene rings is 3. The van der Waals surface area contributed by atoms with E-state index in [0.29, 0.717) is 29.9 Å². The molecule has 1 saturated carbocycles. The van der Waals surface area contributed by atoms with Crippen LogP contribution in [0.3, 0.4) is 0 Å². The van der Waals surface area contributed by atoms with E-state index in [1.807, 2.05) is 48.5 Å². The van der Waals surface area contributed by atoms with E-state index in [2.05, 4.69) is 42.2 Å². The van der Waals surface area contributed by atoms with Gasteiger partial charge in [-0.3, -0.25) is 0 Å². The Morgan fingerprint density at radius 3 is 1.89 bits per heavy atom. The summed E-state index contributed by atoms with van der Waals surface area (Å²) in [4.78, 5) is 0. The van der Waals surface area contributed by atoms with E-state index in [9.17, 15) is 5.11 Å². The molecule has 3 aromatic rings. The number of para-hydroxylation sites is 1. The molecule has 2 aliphatic rings. The molecule has 2 unspecified atom stereocenters. The molecule has 186 valence electrons.